The van der Waals surface area contributed by atoms with Crippen LogP contribution >= 0.6 is 0 Å². The van der Waals surface area contributed by atoms with Gasteiger partial charge in [0.2, 0.25) is 0 Å². The van der Waals surface area contributed by atoms with Crippen molar-refractivity contribution in [2.45, 2.75) is 33.1 Å². The molecule has 0 saturated heterocycles. The lowest BCUT2D eigenvalue weighted by Gasteiger charge is -2.16. The quantitative estimate of drug-likeness (QED) is 0.752. The Labute approximate surface area is 108 Å². The van der Waals surface area contributed by atoms with Crippen molar-refractivity contribution < 1.29 is 14.7 Å². The van der Waals surface area contributed by atoms with E-state index in [0.29, 0.717) is 17.9 Å². The first kappa shape index (κ1) is 14.4. The predicted molar refractivity (Wildman–Crippen MR) is 70.6 cm³/mol. The third kappa shape index (κ3) is 5.13. The maximum absolute atomic E-state index is 12.0. The first-order chi connectivity index (χ1) is 8.49. The standard InChI is InChI=1S/C15H20O3/c1-11(2)8-12(10-15(17)18)9-14(16)13-6-4-3-5-7-13/h3-7,11-12H,8-10H2,1-2H3,(H,17,18)/t12-/m0/s1. The van der Waals surface area contributed by atoms with Crippen LogP contribution in [0.15, 0.2) is 30.3 Å². The fraction of sp³-hybridized carbons (Fsp3) is 0.467. The minimum atomic E-state index is -0.832. The minimum Gasteiger partial charge on any atom is -0.481 e. The Balaban J connectivity index is 2.65. The average Bonchev–Trinajstić information content (AvgIpc) is 2.28. The van der Waals surface area contributed by atoms with Crippen LogP contribution in [0, 0.1) is 11.8 Å². The highest BCUT2D eigenvalue weighted by Gasteiger charge is 2.19. The average molecular weight is 248 g/mol. The van der Waals surface area contributed by atoms with E-state index in [2.05, 4.69) is 0 Å². The molecular weight excluding hydrogens is 228 g/mol. The van der Waals surface area contributed by atoms with Gasteiger partial charge in [-0.2, -0.15) is 0 Å². The molecule has 0 fully saturated rings. The molecule has 98 valence electrons. The fourth-order valence-corrected chi connectivity index (χ4v) is 2.16. The van der Waals surface area contributed by atoms with Crippen molar-refractivity contribution in [2.24, 2.45) is 11.8 Å². The van der Waals surface area contributed by atoms with Crippen molar-refractivity contribution in [3.63, 3.8) is 0 Å². The number of hydrogen-bond acceptors (Lipinski definition) is 2. The van der Waals surface area contributed by atoms with Gasteiger partial charge in [0, 0.05) is 18.4 Å². The zero-order valence-electron chi connectivity index (χ0n) is 10.9. The van der Waals surface area contributed by atoms with E-state index in [1.807, 2.05) is 32.0 Å². The summed E-state index contributed by atoms with van der Waals surface area (Å²) in [6.45, 7) is 4.09. The Hall–Kier alpha value is -1.64. The zero-order valence-corrected chi connectivity index (χ0v) is 10.9. The predicted octanol–water partition coefficient (Wildman–Crippen LogP) is 3.40. The van der Waals surface area contributed by atoms with Gasteiger partial charge in [0.05, 0.1) is 0 Å². The molecule has 0 radical (unpaired) electrons. The Kier molecular flexibility index (Phi) is 5.56. The normalized spacial score (nSPS) is 12.4. The lowest BCUT2D eigenvalue weighted by atomic mass is 9.88. The van der Waals surface area contributed by atoms with Crippen LogP contribution in [0.4, 0.5) is 0 Å². The minimum absolute atomic E-state index is 0.0301. The number of carbonyl (C=O) groups is 2. The first-order valence-corrected chi connectivity index (χ1v) is 6.29. The number of hydrogen-bond donors (Lipinski definition) is 1. The van der Waals surface area contributed by atoms with E-state index in [1.54, 1.807) is 12.1 Å². The van der Waals surface area contributed by atoms with E-state index < -0.39 is 5.97 Å². The van der Waals surface area contributed by atoms with Crippen LogP contribution in [0.25, 0.3) is 0 Å². The van der Waals surface area contributed by atoms with Crippen molar-refractivity contribution in [3.05, 3.63) is 35.9 Å². The molecule has 0 bridgehead atoms. The molecule has 0 aliphatic carbocycles. The Bertz CT molecular complexity index is 395. The van der Waals surface area contributed by atoms with Gasteiger partial charge in [-0.25, -0.2) is 0 Å². The highest BCUT2D eigenvalue weighted by molar-refractivity contribution is 5.96. The van der Waals surface area contributed by atoms with Crippen LogP contribution in [0.2, 0.25) is 0 Å². The van der Waals surface area contributed by atoms with E-state index in [1.165, 1.54) is 0 Å². The molecular formula is C15H20O3. The van der Waals surface area contributed by atoms with Gasteiger partial charge in [-0.05, 0) is 18.3 Å². The van der Waals surface area contributed by atoms with Gasteiger partial charge in [0.1, 0.15) is 0 Å². The van der Waals surface area contributed by atoms with Gasteiger partial charge < -0.3 is 5.11 Å². The molecule has 0 aromatic heterocycles. The number of rotatable bonds is 7. The molecule has 0 aliphatic heterocycles. The van der Waals surface area contributed by atoms with Crippen LogP contribution in [-0.2, 0) is 4.79 Å². The second kappa shape index (κ2) is 6.94. The van der Waals surface area contributed by atoms with Crippen molar-refractivity contribution >= 4 is 11.8 Å². The maximum atomic E-state index is 12.0. The van der Waals surface area contributed by atoms with E-state index in [0.717, 1.165) is 6.42 Å². The second-order valence-corrected chi connectivity index (χ2v) is 5.09. The Morgan fingerprint density at radius 3 is 2.22 bits per heavy atom. The van der Waals surface area contributed by atoms with E-state index in [-0.39, 0.29) is 18.1 Å². The summed E-state index contributed by atoms with van der Waals surface area (Å²) >= 11 is 0. The Morgan fingerprint density at radius 2 is 1.72 bits per heavy atom. The molecule has 1 atom stereocenters. The van der Waals surface area contributed by atoms with E-state index in [9.17, 15) is 9.59 Å². The summed E-state index contributed by atoms with van der Waals surface area (Å²) in [7, 11) is 0. The molecule has 0 amide bonds. The summed E-state index contributed by atoms with van der Waals surface area (Å²) in [6.07, 6.45) is 1.15. The number of carbonyl (C=O) groups excluding carboxylic acids is 1. The number of benzene rings is 1. The van der Waals surface area contributed by atoms with Crippen molar-refractivity contribution in [3.8, 4) is 0 Å². The van der Waals surface area contributed by atoms with Crippen LogP contribution < -0.4 is 0 Å². The van der Waals surface area contributed by atoms with Crippen LogP contribution in [0.5, 0.6) is 0 Å². The fourth-order valence-electron chi connectivity index (χ4n) is 2.16. The summed E-state index contributed by atoms with van der Waals surface area (Å²) in [5, 5.41) is 8.87. The van der Waals surface area contributed by atoms with Crippen molar-refractivity contribution in [1.29, 1.82) is 0 Å². The monoisotopic (exact) mass is 248 g/mol. The molecule has 0 aliphatic rings. The maximum Gasteiger partial charge on any atom is 0.303 e. The van der Waals surface area contributed by atoms with Gasteiger partial charge in [-0.3, -0.25) is 9.59 Å². The van der Waals surface area contributed by atoms with Gasteiger partial charge in [0.25, 0.3) is 0 Å². The van der Waals surface area contributed by atoms with Gasteiger partial charge in [-0.1, -0.05) is 44.2 Å². The summed E-state index contributed by atoms with van der Waals surface area (Å²) in [4.78, 5) is 22.8. The van der Waals surface area contributed by atoms with Crippen molar-refractivity contribution in [1.82, 2.24) is 0 Å². The molecule has 3 heteroatoms. The van der Waals surface area contributed by atoms with Gasteiger partial charge >= 0.3 is 5.97 Å². The number of ketones is 1. The van der Waals surface area contributed by atoms with E-state index >= 15 is 0 Å². The molecule has 1 rings (SSSR count). The molecule has 18 heavy (non-hydrogen) atoms. The van der Waals surface area contributed by atoms with Gasteiger partial charge in [-0.15, -0.1) is 0 Å². The summed E-state index contributed by atoms with van der Waals surface area (Å²) in [6, 6.07) is 9.05. The lowest BCUT2D eigenvalue weighted by molar-refractivity contribution is -0.138. The number of aliphatic carboxylic acids is 1. The molecule has 0 unspecified atom stereocenters. The molecule has 1 aromatic carbocycles. The molecule has 0 spiro atoms. The topological polar surface area (TPSA) is 54.4 Å². The smallest absolute Gasteiger partial charge is 0.303 e. The molecule has 3 nitrogen and oxygen atoms in total. The molecule has 0 heterocycles. The zero-order chi connectivity index (χ0) is 13.5. The SMILES string of the molecule is CC(C)C[C@H](CC(=O)O)CC(=O)c1ccccc1. The summed E-state index contributed by atoms with van der Waals surface area (Å²) in [5.74, 6) is -0.475. The third-order valence-corrected chi connectivity index (χ3v) is 2.84. The number of carboxylic acids is 1. The third-order valence-electron chi connectivity index (χ3n) is 2.84. The summed E-state index contributed by atoms with van der Waals surface area (Å²) in [5.41, 5.74) is 0.664. The van der Waals surface area contributed by atoms with Crippen molar-refractivity contribution in [2.75, 3.05) is 0 Å². The number of Topliss-reactive ketones (excluding diaryl/α,β-unsaturated/α-hetero) is 1. The highest BCUT2D eigenvalue weighted by atomic mass is 16.4. The Morgan fingerprint density at radius 1 is 1.11 bits per heavy atom. The summed E-state index contributed by atoms with van der Waals surface area (Å²) < 4.78 is 0. The molecule has 0 saturated carbocycles. The van der Waals surface area contributed by atoms with Crippen LogP contribution in [-0.4, -0.2) is 16.9 Å². The number of carboxylic acid groups (broad SMARTS) is 1. The second-order valence-electron chi connectivity index (χ2n) is 5.09. The molecule has 1 aromatic rings. The van der Waals surface area contributed by atoms with Crippen LogP contribution in [0.1, 0.15) is 43.5 Å². The molecule has 1 N–H and O–H groups in total. The van der Waals surface area contributed by atoms with Gasteiger partial charge in [0.15, 0.2) is 5.78 Å². The highest BCUT2D eigenvalue weighted by Crippen LogP contribution is 2.21. The first-order valence-electron chi connectivity index (χ1n) is 6.29. The largest absolute Gasteiger partial charge is 0.481 e. The lowest BCUT2D eigenvalue weighted by Crippen LogP contribution is -2.15. The van der Waals surface area contributed by atoms with E-state index in [4.69, 9.17) is 5.11 Å². The van der Waals surface area contributed by atoms with Crippen LogP contribution in [0.3, 0.4) is 0 Å².